The number of carbonyl (C=O) groups excluding carboxylic acids is 1. The normalized spacial score (nSPS) is 15.8. The van der Waals surface area contributed by atoms with Gasteiger partial charge in [-0.05, 0) is 30.4 Å². The Morgan fingerprint density at radius 3 is 2.65 bits per heavy atom. The molecule has 1 aliphatic rings. The largest absolute Gasteiger partial charge is 0.340 e. The zero-order valence-corrected chi connectivity index (χ0v) is 14.5. The lowest BCUT2D eigenvalue weighted by Gasteiger charge is -2.34. The second kappa shape index (κ2) is 7.75. The van der Waals surface area contributed by atoms with Crippen molar-refractivity contribution in [3.63, 3.8) is 0 Å². The maximum atomic E-state index is 12.3. The highest BCUT2D eigenvalue weighted by atomic mass is 32.1. The SMILES string of the molecule is Cc1cccc(CN2CCN(C(=O)CCc3cccs3)CC2)c1. The van der Waals surface area contributed by atoms with Crippen LogP contribution >= 0.6 is 11.3 Å². The first-order valence-electron chi connectivity index (χ1n) is 8.29. The minimum absolute atomic E-state index is 0.300. The minimum atomic E-state index is 0.300. The molecule has 1 aromatic heterocycles. The van der Waals surface area contributed by atoms with Crippen LogP contribution in [0.25, 0.3) is 0 Å². The Kier molecular flexibility index (Phi) is 5.47. The molecule has 0 radical (unpaired) electrons. The number of carbonyl (C=O) groups is 1. The van der Waals surface area contributed by atoms with Gasteiger partial charge >= 0.3 is 0 Å². The van der Waals surface area contributed by atoms with Gasteiger partial charge in [0.25, 0.3) is 0 Å². The second-order valence-corrected chi connectivity index (χ2v) is 7.26. The van der Waals surface area contributed by atoms with E-state index >= 15 is 0 Å². The molecule has 0 atom stereocenters. The molecule has 4 heteroatoms. The zero-order chi connectivity index (χ0) is 16.1. The van der Waals surface area contributed by atoms with Crippen molar-refractivity contribution in [2.24, 2.45) is 0 Å². The lowest BCUT2D eigenvalue weighted by Crippen LogP contribution is -2.48. The summed E-state index contributed by atoms with van der Waals surface area (Å²) in [7, 11) is 0. The van der Waals surface area contributed by atoms with Crippen LogP contribution in [0.3, 0.4) is 0 Å². The summed E-state index contributed by atoms with van der Waals surface area (Å²) >= 11 is 1.74. The first-order chi connectivity index (χ1) is 11.2. The van der Waals surface area contributed by atoms with Crippen molar-refractivity contribution >= 4 is 17.2 Å². The molecule has 0 N–H and O–H groups in total. The highest BCUT2D eigenvalue weighted by Crippen LogP contribution is 2.14. The Hall–Kier alpha value is -1.65. The molecule has 0 saturated carbocycles. The molecule has 1 amide bonds. The summed E-state index contributed by atoms with van der Waals surface area (Å²) in [5, 5.41) is 2.07. The van der Waals surface area contributed by atoms with E-state index in [0.717, 1.165) is 39.1 Å². The molecule has 1 aliphatic heterocycles. The third-order valence-electron chi connectivity index (χ3n) is 4.38. The van der Waals surface area contributed by atoms with E-state index in [1.54, 1.807) is 11.3 Å². The Balaban J connectivity index is 1.43. The van der Waals surface area contributed by atoms with Gasteiger partial charge < -0.3 is 4.90 Å². The van der Waals surface area contributed by atoms with Crippen LogP contribution < -0.4 is 0 Å². The number of hydrogen-bond acceptors (Lipinski definition) is 3. The fraction of sp³-hybridized carbons (Fsp3) is 0.421. The van der Waals surface area contributed by atoms with Crippen LogP contribution in [-0.2, 0) is 17.8 Å². The van der Waals surface area contributed by atoms with Crippen LogP contribution in [0.4, 0.5) is 0 Å². The summed E-state index contributed by atoms with van der Waals surface area (Å²) in [6.07, 6.45) is 1.51. The molecule has 2 aromatic rings. The summed E-state index contributed by atoms with van der Waals surface area (Å²) in [6, 6.07) is 12.8. The van der Waals surface area contributed by atoms with Crippen LogP contribution in [0.5, 0.6) is 0 Å². The van der Waals surface area contributed by atoms with E-state index in [-0.39, 0.29) is 0 Å². The molecule has 0 unspecified atom stereocenters. The van der Waals surface area contributed by atoms with Crippen LogP contribution in [0.1, 0.15) is 22.4 Å². The van der Waals surface area contributed by atoms with Crippen LogP contribution in [0, 0.1) is 6.92 Å². The number of hydrogen-bond donors (Lipinski definition) is 0. The van der Waals surface area contributed by atoms with Gasteiger partial charge in [-0.25, -0.2) is 0 Å². The molecule has 122 valence electrons. The number of piperazine rings is 1. The van der Waals surface area contributed by atoms with Gasteiger partial charge in [-0.1, -0.05) is 35.9 Å². The van der Waals surface area contributed by atoms with Gasteiger partial charge in [0.15, 0.2) is 0 Å². The van der Waals surface area contributed by atoms with Gasteiger partial charge in [0.1, 0.15) is 0 Å². The highest BCUT2D eigenvalue weighted by molar-refractivity contribution is 7.09. The van der Waals surface area contributed by atoms with E-state index in [1.165, 1.54) is 16.0 Å². The van der Waals surface area contributed by atoms with E-state index < -0.39 is 0 Å². The van der Waals surface area contributed by atoms with E-state index in [9.17, 15) is 4.79 Å². The topological polar surface area (TPSA) is 23.6 Å². The van der Waals surface area contributed by atoms with E-state index in [2.05, 4.69) is 53.6 Å². The molecule has 1 fully saturated rings. The summed E-state index contributed by atoms with van der Waals surface area (Å²) in [6.45, 7) is 6.77. The molecule has 1 saturated heterocycles. The van der Waals surface area contributed by atoms with Crippen molar-refractivity contribution in [1.82, 2.24) is 9.80 Å². The molecule has 2 heterocycles. The predicted molar refractivity (Wildman–Crippen MR) is 95.7 cm³/mol. The van der Waals surface area contributed by atoms with Crippen LogP contribution in [0.15, 0.2) is 41.8 Å². The van der Waals surface area contributed by atoms with Crippen molar-refractivity contribution in [2.75, 3.05) is 26.2 Å². The highest BCUT2D eigenvalue weighted by Gasteiger charge is 2.20. The van der Waals surface area contributed by atoms with E-state index in [4.69, 9.17) is 0 Å². The van der Waals surface area contributed by atoms with Gasteiger partial charge in [0.05, 0.1) is 0 Å². The monoisotopic (exact) mass is 328 g/mol. The Labute approximate surface area is 142 Å². The van der Waals surface area contributed by atoms with Crippen LogP contribution in [0.2, 0.25) is 0 Å². The fourth-order valence-corrected chi connectivity index (χ4v) is 3.78. The average molecular weight is 328 g/mol. The summed E-state index contributed by atoms with van der Waals surface area (Å²) in [5.74, 6) is 0.300. The third kappa shape index (κ3) is 4.66. The lowest BCUT2D eigenvalue weighted by atomic mass is 10.1. The number of amides is 1. The van der Waals surface area contributed by atoms with Crippen molar-refractivity contribution < 1.29 is 4.79 Å². The number of rotatable bonds is 5. The van der Waals surface area contributed by atoms with Crippen molar-refractivity contribution in [3.8, 4) is 0 Å². The second-order valence-electron chi connectivity index (χ2n) is 6.23. The number of aryl methyl sites for hydroxylation is 2. The summed E-state index contributed by atoms with van der Waals surface area (Å²) in [5.41, 5.74) is 2.67. The number of benzene rings is 1. The number of nitrogens with zero attached hydrogens (tertiary/aromatic N) is 2. The van der Waals surface area contributed by atoms with Gasteiger partial charge in [-0.2, -0.15) is 0 Å². The Bertz CT molecular complexity index is 631. The molecule has 0 bridgehead atoms. The first kappa shape index (κ1) is 16.2. The predicted octanol–water partition coefficient (Wildman–Crippen LogP) is 3.33. The zero-order valence-electron chi connectivity index (χ0n) is 13.7. The Morgan fingerprint density at radius 1 is 1.13 bits per heavy atom. The molecular weight excluding hydrogens is 304 g/mol. The quantitative estimate of drug-likeness (QED) is 0.840. The van der Waals surface area contributed by atoms with Gasteiger partial charge in [-0.15, -0.1) is 11.3 Å². The first-order valence-corrected chi connectivity index (χ1v) is 9.17. The Morgan fingerprint density at radius 2 is 1.96 bits per heavy atom. The minimum Gasteiger partial charge on any atom is -0.340 e. The molecule has 1 aromatic carbocycles. The maximum absolute atomic E-state index is 12.3. The van der Waals surface area contributed by atoms with Crippen molar-refractivity contribution in [1.29, 1.82) is 0 Å². The molecule has 0 spiro atoms. The van der Waals surface area contributed by atoms with Crippen molar-refractivity contribution in [3.05, 3.63) is 57.8 Å². The molecule has 0 aliphatic carbocycles. The molecule has 23 heavy (non-hydrogen) atoms. The summed E-state index contributed by atoms with van der Waals surface area (Å²) in [4.78, 5) is 18.1. The fourth-order valence-electron chi connectivity index (χ4n) is 3.07. The van der Waals surface area contributed by atoms with Crippen LogP contribution in [-0.4, -0.2) is 41.9 Å². The average Bonchev–Trinajstić information content (AvgIpc) is 3.07. The number of thiophene rings is 1. The van der Waals surface area contributed by atoms with E-state index in [1.807, 2.05) is 4.90 Å². The third-order valence-corrected chi connectivity index (χ3v) is 5.32. The van der Waals surface area contributed by atoms with Gasteiger partial charge in [0, 0.05) is 44.0 Å². The molecular formula is C19H24N2OS. The van der Waals surface area contributed by atoms with Gasteiger partial charge in [-0.3, -0.25) is 9.69 Å². The van der Waals surface area contributed by atoms with Crippen molar-refractivity contribution in [2.45, 2.75) is 26.3 Å². The molecule has 3 rings (SSSR count). The maximum Gasteiger partial charge on any atom is 0.223 e. The van der Waals surface area contributed by atoms with E-state index in [0.29, 0.717) is 12.3 Å². The van der Waals surface area contributed by atoms with Gasteiger partial charge in [0.2, 0.25) is 5.91 Å². The standard InChI is InChI=1S/C19H24N2OS/c1-16-4-2-5-17(14-16)15-20-9-11-21(12-10-20)19(22)8-7-18-6-3-13-23-18/h2-6,13-14H,7-12,15H2,1H3. The molecule has 3 nitrogen and oxygen atoms in total. The summed E-state index contributed by atoms with van der Waals surface area (Å²) < 4.78 is 0. The smallest absolute Gasteiger partial charge is 0.223 e. The lowest BCUT2D eigenvalue weighted by molar-refractivity contribution is -0.132.